The van der Waals surface area contributed by atoms with Crippen LogP contribution in [-0.4, -0.2) is 62.8 Å². The summed E-state index contributed by atoms with van der Waals surface area (Å²) in [5, 5.41) is 3.14. The Labute approximate surface area is 203 Å². The summed E-state index contributed by atoms with van der Waals surface area (Å²) in [5.74, 6) is -0.284. The second-order valence-electron chi connectivity index (χ2n) is 9.63. The molecule has 1 saturated carbocycles. The lowest BCUT2D eigenvalue weighted by atomic mass is 9.96. The summed E-state index contributed by atoms with van der Waals surface area (Å²) in [7, 11) is -3.68. The van der Waals surface area contributed by atoms with Crippen molar-refractivity contribution in [2.45, 2.75) is 88.6 Å². The van der Waals surface area contributed by atoms with Crippen molar-refractivity contribution in [3.63, 3.8) is 0 Å². The highest BCUT2D eigenvalue weighted by atomic mass is 32.2. The zero-order valence-corrected chi connectivity index (χ0v) is 21.3. The Hall–Kier alpha value is -2.13. The number of rotatable bonds is 7. The van der Waals surface area contributed by atoms with Gasteiger partial charge in [0.15, 0.2) is 0 Å². The molecule has 1 aliphatic carbocycles. The molecule has 1 saturated heterocycles. The highest BCUT2D eigenvalue weighted by molar-refractivity contribution is 7.89. The highest BCUT2D eigenvalue weighted by Crippen LogP contribution is 2.41. The van der Waals surface area contributed by atoms with Crippen LogP contribution in [0.2, 0.25) is 0 Å². The fourth-order valence-electron chi connectivity index (χ4n) is 5.61. The van der Waals surface area contributed by atoms with E-state index >= 15 is 0 Å². The number of carbonyl (C=O) groups is 2. The molecule has 1 unspecified atom stereocenters. The maximum atomic E-state index is 13.6. The van der Waals surface area contributed by atoms with Crippen molar-refractivity contribution in [1.29, 1.82) is 0 Å². The van der Waals surface area contributed by atoms with E-state index in [-0.39, 0.29) is 35.3 Å². The number of nitrogens with zero attached hydrogens (tertiary/aromatic N) is 3. The quantitative estimate of drug-likeness (QED) is 0.593. The molecule has 1 aromatic rings. The second-order valence-corrected chi connectivity index (χ2v) is 11.6. The minimum atomic E-state index is -3.68. The molecule has 2 fully saturated rings. The monoisotopic (exact) mass is 490 g/mol. The molecule has 0 bridgehead atoms. The molecule has 9 heteroatoms. The van der Waals surface area contributed by atoms with E-state index in [1.54, 1.807) is 12.1 Å². The van der Waals surface area contributed by atoms with Gasteiger partial charge in [-0.15, -0.1) is 0 Å². The molecule has 188 valence electrons. The summed E-state index contributed by atoms with van der Waals surface area (Å²) in [4.78, 5) is 30.4. The molecule has 1 atom stereocenters. The van der Waals surface area contributed by atoms with E-state index in [0.717, 1.165) is 57.2 Å². The number of fused-ring (bicyclic) bond motifs is 3. The third-order valence-corrected chi connectivity index (χ3v) is 9.51. The summed E-state index contributed by atoms with van der Waals surface area (Å²) in [6, 6.07) is 4.89. The van der Waals surface area contributed by atoms with Crippen molar-refractivity contribution in [3.05, 3.63) is 18.2 Å². The Bertz CT molecular complexity index is 1000. The number of benzene rings is 1. The standard InChI is InChI=1S/C25H38N4O4S/c1-3-27(4-2)34(32,33)20-14-15-21-23(17-20)29(25(31)22-13-9-10-16-28(21)22)18-24(30)26-19-11-7-5-6-8-12-19/h14-15,17,19,22H,3-13,16,18H2,1-2H3,(H,26,30). The maximum Gasteiger partial charge on any atom is 0.250 e. The maximum absolute atomic E-state index is 13.6. The molecule has 2 amide bonds. The van der Waals surface area contributed by atoms with Crippen LogP contribution in [0.25, 0.3) is 0 Å². The number of carbonyl (C=O) groups excluding carboxylic acids is 2. The smallest absolute Gasteiger partial charge is 0.250 e. The number of piperidine rings is 1. The number of anilines is 2. The first-order valence-corrected chi connectivity index (χ1v) is 14.3. The minimum Gasteiger partial charge on any atom is -0.358 e. The van der Waals surface area contributed by atoms with Crippen molar-refractivity contribution >= 4 is 33.2 Å². The number of hydrogen-bond donors (Lipinski definition) is 1. The molecule has 34 heavy (non-hydrogen) atoms. The molecule has 4 rings (SSSR count). The van der Waals surface area contributed by atoms with E-state index in [4.69, 9.17) is 0 Å². The zero-order valence-electron chi connectivity index (χ0n) is 20.5. The Morgan fingerprint density at radius 2 is 1.68 bits per heavy atom. The minimum absolute atomic E-state index is 0.0819. The van der Waals surface area contributed by atoms with Crippen LogP contribution in [0.5, 0.6) is 0 Å². The third-order valence-electron chi connectivity index (χ3n) is 7.47. The van der Waals surface area contributed by atoms with E-state index in [2.05, 4.69) is 10.2 Å². The van der Waals surface area contributed by atoms with Gasteiger partial charge in [0.25, 0.3) is 0 Å². The first-order chi connectivity index (χ1) is 16.4. The van der Waals surface area contributed by atoms with Crippen molar-refractivity contribution in [2.24, 2.45) is 0 Å². The Kier molecular flexibility index (Phi) is 7.82. The molecule has 0 spiro atoms. The van der Waals surface area contributed by atoms with Crippen LogP contribution in [0.3, 0.4) is 0 Å². The van der Waals surface area contributed by atoms with E-state index in [0.29, 0.717) is 18.8 Å². The summed E-state index contributed by atoms with van der Waals surface area (Å²) < 4.78 is 27.8. The summed E-state index contributed by atoms with van der Waals surface area (Å²) in [6.07, 6.45) is 9.28. The van der Waals surface area contributed by atoms with Crippen LogP contribution in [0.4, 0.5) is 11.4 Å². The summed E-state index contributed by atoms with van der Waals surface area (Å²) in [5.41, 5.74) is 1.36. The Morgan fingerprint density at radius 3 is 2.35 bits per heavy atom. The lowest BCUT2D eigenvalue weighted by molar-refractivity contribution is -0.125. The van der Waals surface area contributed by atoms with Gasteiger partial charge in [0.05, 0.1) is 16.3 Å². The van der Waals surface area contributed by atoms with Crippen LogP contribution in [0.1, 0.15) is 71.6 Å². The van der Waals surface area contributed by atoms with E-state index < -0.39 is 10.0 Å². The van der Waals surface area contributed by atoms with Crippen LogP contribution in [0, 0.1) is 0 Å². The van der Waals surface area contributed by atoms with Crippen LogP contribution in [-0.2, 0) is 19.6 Å². The SMILES string of the molecule is CCN(CC)S(=O)(=O)c1ccc2c(c1)N(CC(=O)NC1CCCCCC1)C(=O)C1CCCCN21. The van der Waals surface area contributed by atoms with E-state index in [1.165, 1.54) is 22.0 Å². The molecule has 2 heterocycles. The van der Waals surface area contributed by atoms with Crippen LogP contribution < -0.4 is 15.1 Å². The Morgan fingerprint density at radius 1 is 1.00 bits per heavy atom. The lowest BCUT2D eigenvalue weighted by Gasteiger charge is -2.45. The van der Waals surface area contributed by atoms with Crippen molar-refractivity contribution in [3.8, 4) is 0 Å². The molecule has 0 radical (unpaired) electrons. The van der Waals surface area contributed by atoms with Crippen molar-refractivity contribution in [2.75, 3.05) is 36.0 Å². The first-order valence-electron chi connectivity index (χ1n) is 12.9. The normalized spacial score (nSPS) is 21.7. The largest absolute Gasteiger partial charge is 0.358 e. The van der Waals surface area contributed by atoms with E-state index in [9.17, 15) is 18.0 Å². The average molecular weight is 491 g/mol. The summed E-state index contributed by atoms with van der Waals surface area (Å²) in [6.45, 7) is 5.04. The van der Waals surface area contributed by atoms with Gasteiger partial charge >= 0.3 is 0 Å². The summed E-state index contributed by atoms with van der Waals surface area (Å²) >= 11 is 0. The number of nitrogens with one attached hydrogen (secondary N) is 1. The van der Waals surface area contributed by atoms with Gasteiger partial charge in [-0.1, -0.05) is 39.5 Å². The molecule has 1 N–H and O–H groups in total. The lowest BCUT2D eigenvalue weighted by Crippen LogP contribution is -2.57. The van der Waals surface area contributed by atoms with Gasteiger partial charge in [-0.05, 0) is 50.3 Å². The third kappa shape index (κ3) is 4.96. The topological polar surface area (TPSA) is 90.0 Å². The van der Waals surface area contributed by atoms with Gasteiger partial charge in [-0.25, -0.2) is 8.42 Å². The number of sulfonamides is 1. The molecular formula is C25H38N4O4S. The average Bonchev–Trinajstić information content (AvgIpc) is 3.10. The number of amides is 2. The number of hydrogen-bond acceptors (Lipinski definition) is 5. The predicted octanol–water partition coefficient (Wildman–Crippen LogP) is 3.26. The van der Waals surface area contributed by atoms with Crippen LogP contribution in [0.15, 0.2) is 23.1 Å². The fraction of sp³-hybridized carbons (Fsp3) is 0.680. The molecule has 0 aromatic heterocycles. The van der Waals surface area contributed by atoms with Crippen LogP contribution >= 0.6 is 0 Å². The second kappa shape index (κ2) is 10.6. The van der Waals surface area contributed by atoms with E-state index in [1.807, 2.05) is 19.9 Å². The molecule has 1 aromatic carbocycles. The van der Waals surface area contributed by atoms with Crippen molar-refractivity contribution in [1.82, 2.24) is 9.62 Å². The van der Waals surface area contributed by atoms with Gasteiger partial charge in [-0.3, -0.25) is 14.5 Å². The Balaban J connectivity index is 1.66. The fourth-order valence-corrected chi connectivity index (χ4v) is 7.09. The van der Waals surface area contributed by atoms with Gasteiger partial charge in [0.1, 0.15) is 12.6 Å². The van der Waals surface area contributed by atoms with Gasteiger partial charge in [-0.2, -0.15) is 4.31 Å². The van der Waals surface area contributed by atoms with Gasteiger partial charge in [0, 0.05) is 25.7 Å². The molecule has 8 nitrogen and oxygen atoms in total. The zero-order chi connectivity index (χ0) is 24.3. The van der Waals surface area contributed by atoms with Gasteiger partial charge in [0.2, 0.25) is 21.8 Å². The van der Waals surface area contributed by atoms with Gasteiger partial charge < -0.3 is 10.2 Å². The van der Waals surface area contributed by atoms with Crippen molar-refractivity contribution < 1.29 is 18.0 Å². The molecular weight excluding hydrogens is 452 g/mol. The predicted molar refractivity (Wildman–Crippen MR) is 134 cm³/mol. The molecule has 2 aliphatic heterocycles. The first kappa shape index (κ1) is 25.0. The molecule has 3 aliphatic rings. The highest BCUT2D eigenvalue weighted by Gasteiger charge is 2.41.